The molecule has 0 saturated carbocycles. The molecule has 0 aliphatic carbocycles. The van der Waals surface area contributed by atoms with Gasteiger partial charge in [-0.1, -0.05) is 26.8 Å². The maximum Gasteiger partial charge on any atom is 0.276 e. The van der Waals surface area contributed by atoms with Crippen molar-refractivity contribution in [2.75, 3.05) is 16.8 Å². The van der Waals surface area contributed by atoms with E-state index in [2.05, 4.69) is 46.7 Å². The van der Waals surface area contributed by atoms with Gasteiger partial charge in [0.2, 0.25) is 0 Å². The molecule has 1 aliphatic heterocycles. The summed E-state index contributed by atoms with van der Waals surface area (Å²) in [6, 6.07) is 11.6. The molecule has 0 unspecified atom stereocenters. The van der Waals surface area contributed by atoms with E-state index in [0.717, 1.165) is 59.9 Å². The van der Waals surface area contributed by atoms with Gasteiger partial charge in [-0.15, -0.1) is 0 Å². The summed E-state index contributed by atoms with van der Waals surface area (Å²) in [4.78, 5) is 28.1. The number of aryl methyl sites for hydroxylation is 1. The molecule has 2 aromatic heterocycles. The van der Waals surface area contributed by atoms with Crippen LogP contribution in [0.4, 0.5) is 20.2 Å². The second-order valence-corrected chi connectivity index (χ2v) is 10.3. The molecule has 1 saturated heterocycles. The first kappa shape index (κ1) is 26.6. The van der Waals surface area contributed by atoms with Crippen LogP contribution < -0.4 is 21.5 Å². The minimum Gasteiger partial charge on any atom is -0.365 e. The van der Waals surface area contributed by atoms with Gasteiger partial charge >= 0.3 is 0 Å². The van der Waals surface area contributed by atoms with Gasteiger partial charge in [0, 0.05) is 42.8 Å². The van der Waals surface area contributed by atoms with E-state index in [1.807, 2.05) is 19.2 Å². The number of halogens is 2. The Balaban J connectivity index is 1.61. The summed E-state index contributed by atoms with van der Waals surface area (Å²) in [5.41, 5.74) is 8.53. The van der Waals surface area contributed by atoms with Gasteiger partial charge in [-0.25, -0.2) is 8.78 Å². The lowest BCUT2D eigenvalue weighted by Crippen LogP contribution is -2.39. The largest absolute Gasteiger partial charge is 0.365 e. The Bertz CT molecular complexity index is 1610. The van der Waals surface area contributed by atoms with Crippen LogP contribution in [-0.4, -0.2) is 38.9 Å². The molecule has 2 atom stereocenters. The van der Waals surface area contributed by atoms with Crippen molar-refractivity contribution < 1.29 is 13.6 Å². The Morgan fingerprint density at radius 2 is 1.85 bits per heavy atom. The Labute approximate surface area is 225 Å². The Morgan fingerprint density at radius 3 is 2.51 bits per heavy atom. The zero-order valence-electron chi connectivity index (χ0n) is 22.4. The number of nitrogens with two attached hydrogens (primary N) is 1. The van der Waals surface area contributed by atoms with Gasteiger partial charge in [-0.3, -0.25) is 9.59 Å². The van der Waals surface area contributed by atoms with E-state index in [9.17, 15) is 18.4 Å². The predicted molar refractivity (Wildman–Crippen MR) is 149 cm³/mol. The molecule has 39 heavy (non-hydrogen) atoms. The highest BCUT2D eigenvalue weighted by atomic mass is 19.1. The molecule has 3 N–H and O–H groups in total. The molecule has 8 nitrogen and oxygen atoms in total. The number of rotatable bonds is 6. The Morgan fingerprint density at radius 1 is 1.13 bits per heavy atom. The van der Waals surface area contributed by atoms with Gasteiger partial charge < -0.3 is 20.5 Å². The SMILES string of the molecule is CC[C@@H]1[C@H](N)CCN1c1c(NC(=O)c2ccc(=O)n(-c3c(F)cccc3F)n2)ccc2c1cc(C(C)C)n2C. The number of hydrogen-bond donors (Lipinski definition) is 2. The zero-order chi connectivity index (χ0) is 28.0. The number of aromatic nitrogens is 3. The standard InChI is InChI=1S/C29H32F2N6O2/c1-5-23-20(32)13-14-36(23)27-17-15-25(16(2)3)35(4)24(17)11-9-21(27)33-29(39)22-10-12-26(38)37(34-22)28-18(30)7-6-8-19(28)31/h6-12,15-16,20,23H,5,13-14,32H2,1-4H3,(H,33,39)/t20-,23-/m1/s1. The van der Waals surface area contributed by atoms with Crippen LogP contribution in [0.25, 0.3) is 16.6 Å². The van der Waals surface area contributed by atoms with Crippen molar-refractivity contribution in [2.45, 2.75) is 51.6 Å². The number of anilines is 2. The summed E-state index contributed by atoms with van der Waals surface area (Å²) < 4.78 is 31.5. The van der Waals surface area contributed by atoms with Crippen LogP contribution in [0.3, 0.4) is 0 Å². The van der Waals surface area contributed by atoms with Crippen LogP contribution in [0.5, 0.6) is 0 Å². The molecule has 3 heterocycles. The van der Waals surface area contributed by atoms with Crippen molar-refractivity contribution in [2.24, 2.45) is 12.8 Å². The zero-order valence-corrected chi connectivity index (χ0v) is 22.4. The summed E-state index contributed by atoms with van der Waals surface area (Å²) in [5.74, 6) is -2.25. The lowest BCUT2D eigenvalue weighted by atomic mass is 10.1. The molecular weight excluding hydrogens is 502 g/mol. The second kappa shape index (κ2) is 10.3. The molecular formula is C29H32F2N6O2. The van der Waals surface area contributed by atoms with Crippen molar-refractivity contribution in [1.29, 1.82) is 0 Å². The summed E-state index contributed by atoms with van der Waals surface area (Å²) in [7, 11) is 2.03. The molecule has 2 aromatic carbocycles. The highest BCUT2D eigenvalue weighted by molar-refractivity contribution is 6.09. The van der Waals surface area contributed by atoms with Gasteiger partial charge in [0.1, 0.15) is 11.4 Å². The first-order chi connectivity index (χ1) is 18.6. The number of carbonyl (C=O) groups excluding carboxylic acids is 1. The molecule has 0 spiro atoms. The van der Waals surface area contributed by atoms with E-state index >= 15 is 0 Å². The summed E-state index contributed by atoms with van der Waals surface area (Å²) in [6.45, 7) is 7.11. The van der Waals surface area contributed by atoms with Crippen LogP contribution in [-0.2, 0) is 7.05 Å². The number of nitrogens with one attached hydrogen (secondary N) is 1. The van der Waals surface area contributed by atoms with Crippen LogP contribution in [0, 0.1) is 11.6 Å². The topological polar surface area (TPSA) is 98.2 Å². The third kappa shape index (κ3) is 4.58. The van der Waals surface area contributed by atoms with Gasteiger partial charge in [-0.05, 0) is 55.2 Å². The normalized spacial score (nSPS) is 17.4. The molecule has 0 radical (unpaired) electrons. The van der Waals surface area contributed by atoms with Gasteiger partial charge in [0.15, 0.2) is 11.6 Å². The fraction of sp³-hybridized carbons (Fsp3) is 0.345. The minimum absolute atomic E-state index is 0.00276. The average molecular weight is 535 g/mol. The summed E-state index contributed by atoms with van der Waals surface area (Å²) in [6.07, 6.45) is 1.67. The maximum absolute atomic E-state index is 14.4. The highest BCUT2D eigenvalue weighted by Gasteiger charge is 2.33. The first-order valence-corrected chi connectivity index (χ1v) is 13.1. The molecule has 5 rings (SSSR count). The van der Waals surface area contributed by atoms with Crippen molar-refractivity contribution in [3.05, 3.63) is 81.9 Å². The maximum atomic E-state index is 14.4. The average Bonchev–Trinajstić information content (AvgIpc) is 3.43. The highest BCUT2D eigenvalue weighted by Crippen LogP contribution is 2.41. The lowest BCUT2D eigenvalue weighted by Gasteiger charge is -2.30. The number of benzene rings is 2. The van der Waals surface area contributed by atoms with Crippen LogP contribution in [0.2, 0.25) is 0 Å². The molecule has 1 amide bonds. The number of nitrogens with zero attached hydrogens (tertiary/aromatic N) is 4. The predicted octanol–water partition coefficient (Wildman–Crippen LogP) is 4.69. The first-order valence-electron chi connectivity index (χ1n) is 13.1. The van der Waals surface area contributed by atoms with E-state index in [0.29, 0.717) is 16.3 Å². The van der Waals surface area contributed by atoms with Crippen LogP contribution in [0.15, 0.2) is 53.3 Å². The van der Waals surface area contributed by atoms with Crippen molar-refractivity contribution in [3.8, 4) is 5.69 Å². The lowest BCUT2D eigenvalue weighted by molar-refractivity contribution is 0.102. The fourth-order valence-corrected chi connectivity index (χ4v) is 5.63. The summed E-state index contributed by atoms with van der Waals surface area (Å²) >= 11 is 0. The third-order valence-electron chi connectivity index (χ3n) is 7.56. The Hall–Kier alpha value is -4.05. The molecule has 1 aliphatic rings. The van der Waals surface area contributed by atoms with E-state index in [1.54, 1.807) is 0 Å². The summed E-state index contributed by atoms with van der Waals surface area (Å²) in [5, 5.41) is 7.95. The minimum atomic E-state index is -0.962. The second-order valence-electron chi connectivity index (χ2n) is 10.3. The van der Waals surface area contributed by atoms with E-state index in [-0.39, 0.29) is 17.8 Å². The number of fused-ring (bicyclic) bond motifs is 1. The smallest absolute Gasteiger partial charge is 0.276 e. The van der Waals surface area contributed by atoms with Crippen molar-refractivity contribution in [1.82, 2.24) is 14.3 Å². The van der Waals surface area contributed by atoms with Crippen molar-refractivity contribution in [3.63, 3.8) is 0 Å². The number of hydrogen-bond acceptors (Lipinski definition) is 5. The van der Waals surface area contributed by atoms with E-state index < -0.39 is 28.8 Å². The number of carbonyl (C=O) groups is 1. The third-order valence-corrected chi connectivity index (χ3v) is 7.56. The molecule has 204 valence electrons. The number of para-hydroxylation sites is 1. The molecule has 4 aromatic rings. The van der Waals surface area contributed by atoms with Gasteiger partial charge in [-0.2, -0.15) is 9.78 Å². The Kier molecular flexibility index (Phi) is 6.98. The van der Waals surface area contributed by atoms with Crippen molar-refractivity contribution >= 4 is 28.2 Å². The van der Waals surface area contributed by atoms with E-state index in [1.165, 1.54) is 12.1 Å². The van der Waals surface area contributed by atoms with Gasteiger partial charge in [0.25, 0.3) is 11.5 Å². The quantitative estimate of drug-likeness (QED) is 0.374. The monoisotopic (exact) mass is 534 g/mol. The molecule has 10 heteroatoms. The molecule has 1 fully saturated rings. The fourth-order valence-electron chi connectivity index (χ4n) is 5.63. The number of amides is 1. The molecule has 0 bridgehead atoms. The van der Waals surface area contributed by atoms with Crippen LogP contribution in [0.1, 0.15) is 55.7 Å². The van der Waals surface area contributed by atoms with E-state index in [4.69, 9.17) is 5.73 Å². The van der Waals surface area contributed by atoms with Gasteiger partial charge in [0.05, 0.1) is 16.9 Å². The van der Waals surface area contributed by atoms with Crippen LogP contribution >= 0.6 is 0 Å².